The summed E-state index contributed by atoms with van der Waals surface area (Å²) in [4.78, 5) is 11.7. The molecule has 0 aliphatic heterocycles. The summed E-state index contributed by atoms with van der Waals surface area (Å²) in [5.74, 6) is 0.906. The summed E-state index contributed by atoms with van der Waals surface area (Å²) in [5.41, 5.74) is 1.21. The van der Waals surface area contributed by atoms with Crippen molar-refractivity contribution >= 4 is 11.7 Å². The predicted molar refractivity (Wildman–Crippen MR) is 76.8 cm³/mol. The fourth-order valence-electron chi connectivity index (χ4n) is 1.93. The zero-order valence-electron chi connectivity index (χ0n) is 12.5. The Labute approximate surface area is 115 Å². The Morgan fingerprint density at radius 1 is 1.26 bits per heavy atom. The summed E-state index contributed by atoms with van der Waals surface area (Å²) in [7, 11) is 3.05. The molecule has 4 nitrogen and oxygen atoms in total. The molecule has 0 aromatic heterocycles. The van der Waals surface area contributed by atoms with Crippen molar-refractivity contribution in [1.29, 1.82) is 0 Å². The van der Waals surface area contributed by atoms with E-state index in [0.717, 1.165) is 17.0 Å². The van der Waals surface area contributed by atoms with Crippen LogP contribution in [0.1, 0.15) is 39.2 Å². The average molecular weight is 265 g/mol. The lowest BCUT2D eigenvalue weighted by molar-refractivity contribution is -0.144. The van der Waals surface area contributed by atoms with Gasteiger partial charge < -0.3 is 14.8 Å². The third kappa shape index (κ3) is 3.63. The van der Waals surface area contributed by atoms with E-state index in [1.54, 1.807) is 21.0 Å². The van der Waals surface area contributed by atoms with Crippen LogP contribution in [0.15, 0.2) is 18.2 Å². The maximum absolute atomic E-state index is 11.7. The molecule has 0 aliphatic carbocycles. The first-order valence-corrected chi connectivity index (χ1v) is 6.36. The van der Waals surface area contributed by atoms with Crippen molar-refractivity contribution in [2.45, 2.75) is 39.2 Å². The van der Waals surface area contributed by atoms with Gasteiger partial charge in [-0.05, 0) is 43.5 Å². The van der Waals surface area contributed by atoms with Crippen molar-refractivity contribution in [1.82, 2.24) is 0 Å². The minimum atomic E-state index is -0.766. The van der Waals surface area contributed by atoms with Crippen molar-refractivity contribution in [3.63, 3.8) is 0 Å². The fourth-order valence-corrected chi connectivity index (χ4v) is 1.93. The standard InChI is InChI=1S/C15H23NO3/c1-10(2)12-9-11(7-8-13(12)18-5)16-15(3,4)14(17)19-6/h7-10,16H,1-6H3. The number of rotatable bonds is 5. The predicted octanol–water partition coefficient (Wildman–Crippen LogP) is 3.18. The van der Waals surface area contributed by atoms with E-state index in [1.807, 2.05) is 18.2 Å². The number of hydrogen-bond acceptors (Lipinski definition) is 4. The molecular weight excluding hydrogens is 242 g/mol. The Balaban J connectivity index is 3.03. The van der Waals surface area contributed by atoms with E-state index >= 15 is 0 Å². The summed E-state index contributed by atoms with van der Waals surface area (Å²) >= 11 is 0. The van der Waals surface area contributed by atoms with Gasteiger partial charge in [-0.3, -0.25) is 0 Å². The maximum Gasteiger partial charge on any atom is 0.330 e. The molecule has 0 saturated heterocycles. The Morgan fingerprint density at radius 2 is 1.89 bits per heavy atom. The minimum Gasteiger partial charge on any atom is -0.496 e. The highest BCUT2D eigenvalue weighted by Crippen LogP contribution is 2.30. The van der Waals surface area contributed by atoms with Gasteiger partial charge in [-0.1, -0.05) is 13.8 Å². The third-order valence-electron chi connectivity index (χ3n) is 3.00. The first-order valence-electron chi connectivity index (χ1n) is 6.36. The number of benzene rings is 1. The van der Waals surface area contributed by atoms with Crippen LogP contribution in [0.5, 0.6) is 5.75 Å². The molecule has 0 radical (unpaired) electrons. The molecule has 0 amide bonds. The van der Waals surface area contributed by atoms with Crippen molar-refractivity contribution in [3.8, 4) is 5.75 Å². The molecular formula is C15H23NO3. The number of methoxy groups -OCH3 is 2. The minimum absolute atomic E-state index is 0.297. The zero-order valence-corrected chi connectivity index (χ0v) is 12.5. The second kappa shape index (κ2) is 5.95. The van der Waals surface area contributed by atoms with Crippen LogP contribution in [0.3, 0.4) is 0 Å². The summed E-state index contributed by atoms with van der Waals surface area (Å²) in [6.07, 6.45) is 0. The summed E-state index contributed by atoms with van der Waals surface area (Å²) in [6, 6.07) is 5.81. The number of hydrogen-bond donors (Lipinski definition) is 1. The Morgan fingerprint density at radius 3 is 2.37 bits per heavy atom. The molecule has 0 aliphatic rings. The van der Waals surface area contributed by atoms with Gasteiger partial charge in [0.15, 0.2) is 0 Å². The summed E-state index contributed by atoms with van der Waals surface area (Å²) in [6.45, 7) is 7.79. The number of nitrogens with one attached hydrogen (secondary N) is 1. The molecule has 1 aromatic carbocycles. The van der Waals surface area contributed by atoms with E-state index in [4.69, 9.17) is 9.47 Å². The number of anilines is 1. The molecule has 0 atom stereocenters. The SMILES string of the molecule is COC(=O)C(C)(C)Nc1ccc(OC)c(C(C)C)c1. The number of esters is 1. The molecule has 1 rings (SSSR count). The lowest BCUT2D eigenvalue weighted by atomic mass is 10.00. The number of carbonyl (C=O) groups is 1. The van der Waals surface area contributed by atoms with E-state index < -0.39 is 5.54 Å². The molecule has 0 spiro atoms. The molecule has 0 fully saturated rings. The van der Waals surface area contributed by atoms with E-state index in [0.29, 0.717) is 5.92 Å². The Bertz CT molecular complexity index is 453. The van der Waals surface area contributed by atoms with Crippen molar-refractivity contribution in [2.75, 3.05) is 19.5 Å². The van der Waals surface area contributed by atoms with Gasteiger partial charge in [-0.2, -0.15) is 0 Å². The van der Waals surface area contributed by atoms with Gasteiger partial charge in [0.05, 0.1) is 14.2 Å². The Kier molecular flexibility index (Phi) is 4.81. The van der Waals surface area contributed by atoms with Crippen LogP contribution >= 0.6 is 0 Å². The van der Waals surface area contributed by atoms with E-state index in [9.17, 15) is 4.79 Å². The van der Waals surface area contributed by atoms with Crippen molar-refractivity contribution in [3.05, 3.63) is 23.8 Å². The topological polar surface area (TPSA) is 47.6 Å². The lowest BCUT2D eigenvalue weighted by Gasteiger charge is -2.25. The summed E-state index contributed by atoms with van der Waals surface area (Å²) in [5, 5.41) is 3.19. The lowest BCUT2D eigenvalue weighted by Crippen LogP contribution is -2.41. The normalized spacial score (nSPS) is 11.3. The zero-order chi connectivity index (χ0) is 14.6. The van der Waals surface area contributed by atoms with E-state index in [-0.39, 0.29) is 5.97 Å². The van der Waals surface area contributed by atoms with E-state index in [2.05, 4.69) is 19.2 Å². The second-order valence-electron chi connectivity index (χ2n) is 5.35. The van der Waals surface area contributed by atoms with Crippen LogP contribution in [0.2, 0.25) is 0 Å². The Hall–Kier alpha value is -1.71. The first kappa shape index (κ1) is 15.3. The third-order valence-corrected chi connectivity index (χ3v) is 3.00. The number of carbonyl (C=O) groups excluding carboxylic acids is 1. The molecule has 0 heterocycles. The highest BCUT2D eigenvalue weighted by Gasteiger charge is 2.28. The monoisotopic (exact) mass is 265 g/mol. The second-order valence-corrected chi connectivity index (χ2v) is 5.35. The van der Waals surface area contributed by atoms with Gasteiger partial charge >= 0.3 is 5.97 Å². The van der Waals surface area contributed by atoms with Crippen molar-refractivity contribution < 1.29 is 14.3 Å². The average Bonchev–Trinajstić information content (AvgIpc) is 2.37. The number of ether oxygens (including phenoxy) is 2. The fraction of sp³-hybridized carbons (Fsp3) is 0.533. The quantitative estimate of drug-likeness (QED) is 0.831. The summed E-state index contributed by atoms with van der Waals surface area (Å²) < 4.78 is 10.1. The van der Waals surface area contributed by atoms with Gasteiger partial charge in [0, 0.05) is 5.69 Å². The van der Waals surface area contributed by atoms with Crippen LogP contribution in [-0.4, -0.2) is 25.7 Å². The highest BCUT2D eigenvalue weighted by atomic mass is 16.5. The van der Waals surface area contributed by atoms with Gasteiger partial charge in [0.2, 0.25) is 0 Å². The first-order chi connectivity index (χ1) is 8.81. The van der Waals surface area contributed by atoms with Crippen LogP contribution in [0.4, 0.5) is 5.69 Å². The van der Waals surface area contributed by atoms with Gasteiger partial charge in [0.1, 0.15) is 11.3 Å². The highest BCUT2D eigenvalue weighted by molar-refractivity contribution is 5.83. The van der Waals surface area contributed by atoms with Gasteiger partial charge in [-0.25, -0.2) is 4.79 Å². The molecule has 0 saturated carbocycles. The van der Waals surface area contributed by atoms with Gasteiger partial charge in [-0.15, -0.1) is 0 Å². The van der Waals surface area contributed by atoms with Crippen LogP contribution in [0, 0.1) is 0 Å². The van der Waals surface area contributed by atoms with Crippen molar-refractivity contribution in [2.24, 2.45) is 0 Å². The molecule has 1 aromatic rings. The smallest absolute Gasteiger partial charge is 0.330 e. The molecule has 4 heteroatoms. The van der Waals surface area contributed by atoms with Crippen LogP contribution in [-0.2, 0) is 9.53 Å². The maximum atomic E-state index is 11.7. The molecule has 1 N–H and O–H groups in total. The van der Waals surface area contributed by atoms with Crippen LogP contribution < -0.4 is 10.1 Å². The van der Waals surface area contributed by atoms with Gasteiger partial charge in [0.25, 0.3) is 0 Å². The molecule has 106 valence electrons. The largest absolute Gasteiger partial charge is 0.496 e. The molecule has 19 heavy (non-hydrogen) atoms. The molecule has 0 bridgehead atoms. The van der Waals surface area contributed by atoms with E-state index in [1.165, 1.54) is 7.11 Å². The molecule has 0 unspecified atom stereocenters. The van der Waals surface area contributed by atoms with Crippen LogP contribution in [0.25, 0.3) is 0 Å².